The van der Waals surface area contributed by atoms with Gasteiger partial charge in [-0.05, 0) is 43.7 Å². The monoisotopic (exact) mass is 231 g/mol. The molecule has 0 aromatic rings. The first-order valence-electron chi connectivity index (χ1n) is 5.60. The first-order chi connectivity index (χ1) is 7.22. The minimum Gasteiger partial charge on any atom is -0.469 e. The SMILES string of the molecule is COC(=O)CC(C)NCC1CCSCC1. The summed E-state index contributed by atoms with van der Waals surface area (Å²) in [5, 5.41) is 3.41. The topological polar surface area (TPSA) is 38.3 Å². The van der Waals surface area contributed by atoms with Crippen LogP contribution in [0.5, 0.6) is 0 Å². The smallest absolute Gasteiger partial charge is 0.307 e. The number of nitrogens with one attached hydrogen (secondary N) is 1. The minimum absolute atomic E-state index is 0.130. The Balaban J connectivity index is 2.09. The van der Waals surface area contributed by atoms with Gasteiger partial charge in [0.05, 0.1) is 13.5 Å². The van der Waals surface area contributed by atoms with Crippen molar-refractivity contribution in [3.8, 4) is 0 Å². The molecule has 1 fully saturated rings. The Labute approximate surface area is 96.3 Å². The van der Waals surface area contributed by atoms with E-state index in [1.54, 1.807) is 0 Å². The Morgan fingerprint density at radius 2 is 2.20 bits per heavy atom. The van der Waals surface area contributed by atoms with Crippen molar-refractivity contribution in [2.45, 2.75) is 32.2 Å². The van der Waals surface area contributed by atoms with Crippen LogP contribution in [0.25, 0.3) is 0 Å². The number of esters is 1. The van der Waals surface area contributed by atoms with Crippen molar-refractivity contribution in [2.24, 2.45) is 5.92 Å². The van der Waals surface area contributed by atoms with Gasteiger partial charge in [0.15, 0.2) is 0 Å². The molecule has 0 saturated carbocycles. The van der Waals surface area contributed by atoms with Gasteiger partial charge >= 0.3 is 5.97 Å². The summed E-state index contributed by atoms with van der Waals surface area (Å²) in [4.78, 5) is 11.0. The fourth-order valence-electron chi connectivity index (χ4n) is 1.72. The molecule has 1 aliphatic heterocycles. The Kier molecular flexibility index (Phi) is 6.10. The van der Waals surface area contributed by atoms with Crippen molar-refractivity contribution in [1.29, 1.82) is 0 Å². The van der Waals surface area contributed by atoms with Crippen LogP contribution in [0.2, 0.25) is 0 Å². The molecule has 0 bridgehead atoms. The molecule has 1 unspecified atom stereocenters. The second-order valence-corrected chi connectivity index (χ2v) is 5.37. The van der Waals surface area contributed by atoms with Crippen LogP contribution in [0.4, 0.5) is 0 Å². The van der Waals surface area contributed by atoms with Gasteiger partial charge < -0.3 is 10.1 Å². The van der Waals surface area contributed by atoms with E-state index in [4.69, 9.17) is 0 Å². The van der Waals surface area contributed by atoms with Gasteiger partial charge in [0.1, 0.15) is 0 Å². The van der Waals surface area contributed by atoms with Gasteiger partial charge in [0.2, 0.25) is 0 Å². The first-order valence-corrected chi connectivity index (χ1v) is 6.75. The van der Waals surface area contributed by atoms with Crippen molar-refractivity contribution in [3.05, 3.63) is 0 Å². The largest absolute Gasteiger partial charge is 0.469 e. The van der Waals surface area contributed by atoms with Gasteiger partial charge in [0.25, 0.3) is 0 Å². The van der Waals surface area contributed by atoms with Gasteiger partial charge in [0, 0.05) is 6.04 Å². The standard InChI is InChI=1S/C11H21NO2S/c1-9(7-11(13)14-2)12-8-10-3-5-15-6-4-10/h9-10,12H,3-8H2,1-2H3. The zero-order chi connectivity index (χ0) is 11.1. The Morgan fingerprint density at radius 3 is 2.80 bits per heavy atom. The van der Waals surface area contributed by atoms with Gasteiger partial charge in [-0.15, -0.1) is 0 Å². The van der Waals surface area contributed by atoms with Crippen LogP contribution in [-0.2, 0) is 9.53 Å². The summed E-state index contributed by atoms with van der Waals surface area (Å²) in [6, 6.07) is 0.229. The zero-order valence-electron chi connectivity index (χ0n) is 9.62. The molecule has 0 amide bonds. The highest BCUT2D eigenvalue weighted by atomic mass is 32.2. The van der Waals surface area contributed by atoms with E-state index in [0.29, 0.717) is 6.42 Å². The number of carbonyl (C=O) groups excluding carboxylic acids is 1. The van der Waals surface area contributed by atoms with Crippen LogP contribution >= 0.6 is 11.8 Å². The molecule has 1 aliphatic rings. The normalized spacial score (nSPS) is 19.9. The first kappa shape index (κ1) is 12.8. The van der Waals surface area contributed by atoms with Gasteiger partial charge in [-0.25, -0.2) is 0 Å². The molecule has 1 saturated heterocycles. The number of rotatable bonds is 5. The highest BCUT2D eigenvalue weighted by molar-refractivity contribution is 7.99. The lowest BCUT2D eigenvalue weighted by molar-refractivity contribution is -0.141. The zero-order valence-corrected chi connectivity index (χ0v) is 10.4. The number of ether oxygens (including phenoxy) is 1. The quantitative estimate of drug-likeness (QED) is 0.731. The third kappa shape index (κ3) is 5.42. The molecule has 1 atom stereocenters. The van der Waals surface area contributed by atoms with Gasteiger partial charge in [-0.3, -0.25) is 4.79 Å². The van der Waals surface area contributed by atoms with Crippen LogP contribution in [0, 0.1) is 5.92 Å². The molecule has 4 heteroatoms. The van der Waals surface area contributed by atoms with Crippen LogP contribution in [0.15, 0.2) is 0 Å². The van der Waals surface area contributed by atoms with Crippen molar-refractivity contribution < 1.29 is 9.53 Å². The summed E-state index contributed by atoms with van der Waals surface area (Å²) in [7, 11) is 1.44. The lowest BCUT2D eigenvalue weighted by atomic mass is 10.0. The molecular weight excluding hydrogens is 210 g/mol. The van der Waals surface area contributed by atoms with Crippen LogP contribution in [0.1, 0.15) is 26.2 Å². The summed E-state index contributed by atoms with van der Waals surface area (Å²) in [5.74, 6) is 3.25. The molecule has 0 spiro atoms. The number of carbonyl (C=O) groups is 1. The minimum atomic E-state index is -0.130. The fourth-order valence-corrected chi connectivity index (χ4v) is 2.93. The van der Waals surface area contributed by atoms with Gasteiger partial charge in [-0.1, -0.05) is 0 Å². The molecule has 1 N–H and O–H groups in total. The molecule has 0 radical (unpaired) electrons. The van der Waals surface area contributed by atoms with Gasteiger partial charge in [-0.2, -0.15) is 11.8 Å². The predicted octanol–water partition coefficient (Wildman–Crippen LogP) is 1.67. The number of thioether (sulfide) groups is 1. The molecule has 3 nitrogen and oxygen atoms in total. The van der Waals surface area contributed by atoms with E-state index in [2.05, 4.69) is 10.1 Å². The highest BCUT2D eigenvalue weighted by Crippen LogP contribution is 2.21. The third-order valence-electron chi connectivity index (χ3n) is 2.80. The third-order valence-corrected chi connectivity index (χ3v) is 3.85. The van der Waals surface area contributed by atoms with Crippen molar-refractivity contribution in [2.75, 3.05) is 25.2 Å². The number of methoxy groups -OCH3 is 1. The molecule has 1 rings (SSSR count). The molecule has 0 aromatic carbocycles. The number of hydrogen-bond acceptors (Lipinski definition) is 4. The molecule has 0 aromatic heterocycles. The summed E-state index contributed by atoms with van der Waals surface area (Å²) in [5.41, 5.74) is 0. The van der Waals surface area contributed by atoms with Crippen LogP contribution in [0.3, 0.4) is 0 Å². The van der Waals surface area contributed by atoms with E-state index >= 15 is 0 Å². The predicted molar refractivity (Wildman–Crippen MR) is 64.1 cm³/mol. The van der Waals surface area contributed by atoms with Crippen molar-refractivity contribution in [3.63, 3.8) is 0 Å². The molecule has 15 heavy (non-hydrogen) atoms. The summed E-state index contributed by atoms with van der Waals surface area (Å²) >= 11 is 2.05. The lowest BCUT2D eigenvalue weighted by Gasteiger charge is -2.23. The van der Waals surface area contributed by atoms with E-state index in [1.165, 1.54) is 31.5 Å². The fraction of sp³-hybridized carbons (Fsp3) is 0.909. The molecule has 88 valence electrons. The highest BCUT2D eigenvalue weighted by Gasteiger charge is 2.15. The second-order valence-electron chi connectivity index (χ2n) is 4.15. The molecule has 1 heterocycles. The van der Waals surface area contributed by atoms with E-state index in [0.717, 1.165) is 12.5 Å². The number of hydrogen-bond donors (Lipinski definition) is 1. The van der Waals surface area contributed by atoms with Crippen LogP contribution < -0.4 is 5.32 Å². The summed E-state index contributed by atoms with van der Waals surface area (Å²) in [6.45, 7) is 3.08. The average Bonchev–Trinajstić information content (AvgIpc) is 2.27. The lowest BCUT2D eigenvalue weighted by Crippen LogP contribution is -2.34. The average molecular weight is 231 g/mol. The maximum Gasteiger partial charge on any atom is 0.307 e. The molecular formula is C11H21NO2S. The Bertz CT molecular complexity index is 193. The Morgan fingerprint density at radius 1 is 1.53 bits per heavy atom. The van der Waals surface area contributed by atoms with E-state index in [1.807, 2.05) is 18.7 Å². The van der Waals surface area contributed by atoms with E-state index < -0.39 is 0 Å². The van der Waals surface area contributed by atoms with Crippen LogP contribution in [-0.4, -0.2) is 37.2 Å². The maximum atomic E-state index is 11.0. The Hall–Kier alpha value is -0.220. The van der Waals surface area contributed by atoms with Crippen molar-refractivity contribution >= 4 is 17.7 Å². The molecule has 0 aliphatic carbocycles. The second kappa shape index (κ2) is 7.12. The van der Waals surface area contributed by atoms with E-state index in [-0.39, 0.29) is 12.0 Å². The van der Waals surface area contributed by atoms with Crippen molar-refractivity contribution in [1.82, 2.24) is 5.32 Å². The maximum absolute atomic E-state index is 11.0. The van der Waals surface area contributed by atoms with E-state index in [9.17, 15) is 4.79 Å². The summed E-state index contributed by atoms with van der Waals surface area (Å²) in [6.07, 6.45) is 3.09. The summed E-state index contributed by atoms with van der Waals surface area (Å²) < 4.78 is 4.63.